The molecule has 0 bridgehead atoms. The van der Waals surface area contributed by atoms with Gasteiger partial charge in [0.2, 0.25) is 11.0 Å². The molecule has 2 aromatic carbocycles. The number of rotatable bonds is 6. The molecule has 4 rings (SSSR count). The first-order chi connectivity index (χ1) is 15.5. The Balaban J connectivity index is 1.42. The van der Waals surface area contributed by atoms with E-state index >= 15 is 0 Å². The van der Waals surface area contributed by atoms with Crippen molar-refractivity contribution in [2.75, 3.05) is 23.8 Å². The van der Waals surface area contributed by atoms with E-state index in [-0.39, 0.29) is 11.9 Å². The van der Waals surface area contributed by atoms with E-state index in [2.05, 4.69) is 20.8 Å². The number of carbonyl (C=O) groups is 2. The van der Waals surface area contributed by atoms with Crippen LogP contribution >= 0.6 is 11.3 Å². The number of para-hydroxylation sites is 2. The Morgan fingerprint density at radius 2 is 2.00 bits per heavy atom. The van der Waals surface area contributed by atoms with Gasteiger partial charge in [0.25, 0.3) is 0 Å². The van der Waals surface area contributed by atoms with Crippen molar-refractivity contribution in [3.05, 3.63) is 54.1 Å². The van der Waals surface area contributed by atoms with Crippen LogP contribution in [0.4, 0.5) is 15.6 Å². The van der Waals surface area contributed by atoms with Crippen molar-refractivity contribution in [1.82, 2.24) is 15.1 Å². The van der Waals surface area contributed by atoms with Gasteiger partial charge in [-0.25, -0.2) is 4.79 Å². The molecule has 2 heterocycles. The third-order valence-corrected chi connectivity index (χ3v) is 6.05. The monoisotopic (exact) mass is 451 g/mol. The Bertz CT molecular complexity index is 1120. The second-order valence-corrected chi connectivity index (χ2v) is 8.46. The van der Waals surface area contributed by atoms with Gasteiger partial charge >= 0.3 is 6.03 Å². The highest BCUT2D eigenvalue weighted by Crippen LogP contribution is 2.29. The molecule has 1 aromatic heterocycles. The van der Waals surface area contributed by atoms with Gasteiger partial charge < -0.3 is 15.0 Å². The van der Waals surface area contributed by atoms with Crippen molar-refractivity contribution in [3.63, 3.8) is 0 Å². The molecular formula is C23H25N5O3S. The van der Waals surface area contributed by atoms with Crippen molar-refractivity contribution in [1.29, 1.82) is 0 Å². The second kappa shape index (κ2) is 9.78. The van der Waals surface area contributed by atoms with Crippen molar-refractivity contribution in [2.24, 2.45) is 0 Å². The summed E-state index contributed by atoms with van der Waals surface area (Å²) in [5.41, 5.74) is 2.66. The number of carbonyl (C=O) groups excluding carboxylic acids is 2. The van der Waals surface area contributed by atoms with Gasteiger partial charge in [-0.2, -0.15) is 0 Å². The van der Waals surface area contributed by atoms with Crippen LogP contribution in [0.3, 0.4) is 0 Å². The van der Waals surface area contributed by atoms with Gasteiger partial charge in [-0.1, -0.05) is 47.2 Å². The molecule has 0 spiro atoms. The lowest BCUT2D eigenvalue weighted by Gasteiger charge is -2.24. The van der Waals surface area contributed by atoms with Crippen LogP contribution in [-0.4, -0.2) is 46.2 Å². The number of ether oxygens (including phenoxy) is 1. The van der Waals surface area contributed by atoms with Gasteiger partial charge in [0.1, 0.15) is 16.8 Å². The van der Waals surface area contributed by atoms with E-state index in [1.54, 1.807) is 17.0 Å². The molecule has 166 valence electrons. The molecule has 1 aliphatic rings. The Morgan fingerprint density at radius 3 is 2.81 bits per heavy atom. The Morgan fingerprint density at radius 1 is 1.16 bits per heavy atom. The molecule has 3 aromatic rings. The van der Waals surface area contributed by atoms with E-state index < -0.39 is 6.04 Å². The van der Waals surface area contributed by atoms with E-state index in [1.165, 1.54) is 11.3 Å². The largest absolute Gasteiger partial charge is 0.492 e. The second-order valence-electron chi connectivity index (χ2n) is 7.48. The predicted molar refractivity (Wildman–Crippen MR) is 125 cm³/mol. The number of urea groups is 1. The van der Waals surface area contributed by atoms with E-state index in [0.717, 1.165) is 22.6 Å². The third kappa shape index (κ3) is 4.88. The van der Waals surface area contributed by atoms with Crippen LogP contribution in [0.1, 0.15) is 25.3 Å². The Kier molecular flexibility index (Phi) is 6.65. The van der Waals surface area contributed by atoms with Crippen LogP contribution in [0, 0.1) is 6.92 Å². The predicted octanol–water partition coefficient (Wildman–Crippen LogP) is 4.55. The molecule has 0 saturated carbocycles. The van der Waals surface area contributed by atoms with Crippen molar-refractivity contribution in [3.8, 4) is 16.3 Å². The van der Waals surface area contributed by atoms with Gasteiger partial charge in [0.05, 0.1) is 12.3 Å². The number of likely N-dealkylation sites (tertiary alicyclic amines) is 1. The number of nitrogens with one attached hydrogen (secondary N) is 2. The van der Waals surface area contributed by atoms with Gasteiger partial charge in [-0.05, 0) is 44.9 Å². The molecule has 0 radical (unpaired) electrons. The first kappa shape index (κ1) is 21.8. The normalized spacial score (nSPS) is 15.4. The zero-order valence-corrected chi connectivity index (χ0v) is 18.8. The van der Waals surface area contributed by atoms with Gasteiger partial charge in [-0.3, -0.25) is 10.1 Å². The number of hydrogen-bond acceptors (Lipinski definition) is 6. The summed E-state index contributed by atoms with van der Waals surface area (Å²) in [5, 5.41) is 15.1. The summed E-state index contributed by atoms with van der Waals surface area (Å²) in [6.45, 7) is 4.90. The maximum absolute atomic E-state index is 12.9. The molecule has 8 nitrogen and oxygen atoms in total. The van der Waals surface area contributed by atoms with E-state index in [0.29, 0.717) is 36.1 Å². The van der Waals surface area contributed by atoms with E-state index in [9.17, 15) is 9.59 Å². The molecule has 1 saturated heterocycles. The van der Waals surface area contributed by atoms with Crippen molar-refractivity contribution >= 4 is 34.1 Å². The van der Waals surface area contributed by atoms with Crippen LogP contribution in [0.5, 0.6) is 5.75 Å². The van der Waals surface area contributed by atoms with E-state index in [4.69, 9.17) is 4.74 Å². The quantitative estimate of drug-likeness (QED) is 0.573. The fourth-order valence-corrected chi connectivity index (χ4v) is 4.42. The molecule has 1 unspecified atom stereocenters. The smallest absolute Gasteiger partial charge is 0.322 e. The van der Waals surface area contributed by atoms with Gasteiger partial charge in [0.15, 0.2) is 0 Å². The average molecular weight is 452 g/mol. The molecule has 3 amide bonds. The number of hydrogen-bond donors (Lipinski definition) is 2. The molecular weight excluding hydrogens is 426 g/mol. The van der Waals surface area contributed by atoms with Crippen molar-refractivity contribution in [2.45, 2.75) is 32.7 Å². The van der Waals surface area contributed by atoms with Crippen LogP contribution in [0.25, 0.3) is 10.6 Å². The standard InChI is InChI=1S/C23H25N5O3S/c1-3-31-19-12-5-4-10-17(19)24-23(30)28-13-7-11-18(28)20(29)25-22-27-26-21(32-22)16-9-6-8-15(2)14-16/h4-6,8-10,12,14,18H,3,7,11,13H2,1-2H3,(H,24,30)(H,25,27,29). The fourth-order valence-electron chi connectivity index (χ4n) is 3.68. The van der Waals surface area contributed by atoms with Crippen LogP contribution in [0.15, 0.2) is 48.5 Å². The number of nitrogens with zero attached hydrogens (tertiary/aromatic N) is 3. The van der Waals surface area contributed by atoms with E-state index in [1.807, 2.05) is 50.2 Å². The first-order valence-corrected chi connectivity index (χ1v) is 11.4. The zero-order valence-electron chi connectivity index (χ0n) is 18.0. The Hall–Kier alpha value is -3.46. The van der Waals surface area contributed by atoms with Crippen LogP contribution < -0.4 is 15.4 Å². The summed E-state index contributed by atoms with van der Waals surface area (Å²) in [7, 11) is 0. The van der Waals surface area contributed by atoms with Crippen molar-refractivity contribution < 1.29 is 14.3 Å². The minimum Gasteiger partial charge on any atom is -0.492 e. The SMILES string of the molecule is CCOc1ccccc1NC(=O)N1CCCC1C(=O)Nc1nnc(-c2cccc(C)c2)s1. The lowest BCUT2D eigenvalue weighted by molar-refractivity contribution is -0.119. The highest BCUT2D eigenvalue weighted by Gasteiger charge is 2.35. The summed E-state index contributed by atoms with van der Waals surface area (Å²) in [6.07, 6.45) is 1.35. The number of benzene rings is 2. The summed E-state index contributed by atoms with van der Waals surface area (Å²) in [4.78, 5) is 27.4. The summed E-state index contributed by atoms with van der Waals surface area (Å²) < 4.78 is 5.57. The summed E-state index contributed by atoms with van der Waals surface area (Å²) in [5.74, 6) is 0.337. The molecule has 0 aliphatic carbocycles. The van der Waals surface area contributed by atoms with Crippen LogP contribution in [-0.2, 0) is 4.79 Å². The molecule has 1 atom stereocenters. The molecule has 32 heavy (non-hydrogen) atoms. The highest BCUT2D eigenvalue weighted by molar-refractivity contribution is 7.18. The van der Waals surface area contributed by atoms with Gasteiger partial charge in [-0.15, -0.1) is 10.2 Å². The maximum Gasteiger partial charge on any atom is 0.322 e. The highest BCUT2D eigenvalue weighted by atomic mass is 32.1. The molecule has 2 N–H and O–H groups in total. The lowest BCUT2D eigenvalue weighted by Crippen LogP contribution is -2.45. The van der Waals surface area contributed by atoms with Gasteiger partial charge in [0, 0.05) is 12.1 Å². The average Bonchev–Trinajstić information content (AvgIpc) is 3.45. The molecule has 1 fully saturated rings. The van der Waals surface area contributed by atoms with Crippen LogP contribution in [0.2, 0.25) is 0 Å². The number of anilines is 2. The Labute approximate surface area is 190 Å². The maximum atomic E-state index is 12.9. The number of aromatic nitrogens is 2. The minimum atomic E-state index is -0.569. The summed E-state index contributed by atoms with van der Waals surface area (Å²) in [6, 6.07) is 14.3. The summed E-state index contributed by atoms with van der Waals surface area (Å²) >= 11 is 1.31. The first-order valence-electron chi connectivity index (χ1n) is 10.6. The molecule has 9 heteroatoms. The fraction of sp³-hybridized carbons (Fsp3) is 0.304. The molecule has 1 aliphatic heterocycles. The lowest BCUT2D eigenvalue weighted by atomic mass is 10.1. The zero-order chi connectivity index (χ0) is 22.5. The number of aryl methyl sites for hydroxylation is 1. The number of amides is 3. The topological polar surface area (TPSA) is 96.5 Å². The minimum absolute atomic E-state index is 0.261. The third-order valence-electron chi connectivity index (χ3n) is 5.16.